The van der Waals surface area contributed by atoms with E-state index in [1.165, 1.54) is 0 Å². The van der Waals surface area contributed by atoms with Gasteiger partial charge in [0.15, 0.2) is 0 Å². The number of rotatable bonds is 3. The summed E-state index contributed by atoms with van der Waals surface area (Å²) >= 11 is 0. The van der Waals surface area contributed by atoms with Crippen molar-refractivity contribution in [2.24, 2.45) is 0 Å². The van der Waals surface area contributed by atoms with Crippen molar-refractivity contribution in [1.29, 1.82) is 0 Å². The van der Waals surface area contributed by atoms with Crippen LogP contribution in [0, 0.1) is 0 Å². The first-order valence-electron chi connectivity index (χ1n) is 7.60. The molecule has 0 radical (unpaired) electrons. The van der Waals surface area contributed by atoms with Gasteiger partial charge in [-0.3, -0.25) is 13.8 Å². The van der Waals surface area contributed by atoms with Crippen molar-refractivity contribution in [3.8, 4) is 0 Å². The summed E-state index contributed by atoms with van der Waals surface area (Å²) in [6.45, 7) is 8.45. The number of carbonyl (C=O) groups excluding carboxylic acids is 1. The van der Waals surface area contributed by atoms with Gasteiger partial charge in [0.1, 0.15) is 5.56 Å². The summed E-state index contributed by atoms with van der Waals surface area (Å²) in [6.07, 6.45) is 1.25. The minimum Gasteiger partial charge on any atom is -0.336 e. The van der Waals surface area contributed by atoms with Crippen LogP contribution in [0.1, 0.15) is 49.3 Å². The molecular formula is C15H23N3O3S. The Kier molecular flexibility index (Phi) is 4.84. The third-order valence-corrected chi connectivity index (χ3v) is 6.01. The zero-order valence-corrected chi connectivity index (χ0v) is 14.4. The van der Waals surface area contributed by atoms with E-state index in [-0.39, 0.29) is 11.5 Å². The highest BCUT2D eigenvalue weighted by Crippen LogP contribution is 2.22. The molecule has 122 valence electrons. The Hall–Kier alpha value is -1.50. The minimum atomic E-state index is -0.955. The zero-order valence-electron chi connectivity index (χ0n) is 13.6. The predicted octanol–water partition coefficient (Wildman–Crippen LogP) is 0.878. The van der Waals surface area contributed by atoms with E-state index in [1.54, 1.807) is 4.90 Å². The number of nitrogens with zero attached hydrogens (tertiary/aromatic N) is 2. The average molecular weight is 325 g/mol. The molecule has 1 atom stereocenters. The van der Waals surface area contributed by atoms with Gasteiger partial charge in [-0.15, -0.1) is 0 Å². The number of aryl methyl sites for hydroxylation is 1. The van der Waals surface area contributed by atoms with Crippen LogP contribution in [0.15, 0.2) is 4.79 Å². The fraction of sp³-hybridized carbons (Fsp3) is 0.667. The lowest BCUT2D eigenvalue weighted by molar-refractivity contribution is 0.0742. The van der Waals surface area contributed by atoms with Crippen LogP contribution in [0.2, 0.25) is 0 Å². The zero-order chi connectivity index (χ0) is 16.5. The van der Waals surface area contributed by atoms with Crippen molar-refractivity contribution in [1.82, 2.24) is 15.1 Å². The number of hydrogen-bond donors (Lipinski definition) is 1. The normalized spacial score (nSPS) is 20.9. The molecule has 1 unspecified atom stereocenters. The summed E-state index contributed by atoms with van der Waals surface area (Å²) in [6, 6.07) is 0. The first-order chi connectivity index (χ1) is 10.3. The quantitative estimate of drug-likeness (QED) is 0.894. The van der Waals surface area contributed by atoms with E-state index in [0.29, 0.717) is 31.7 Å². The number of amides is 1. The molecule has 0 saturated carbocycles. The number of aromatic nitrogens is 2. The Morgan fingerprint density at radius 1 is 1.36 bits per heavy atom. The molecule has 1 N–H and O–H groups in total. The molecule has 0 aliphatic carbocycles. The minimum absolute atomic E-state index is 0.192. The van der Waals surface area contributed by atoms with Crippen molar-refractivity contribution in [3.63, 3.8) is 0 Å². The molecule has 2 heterocycles. The largest absolute Gasteiger partial charge is 0.336 e. The molecule has 1 aromatic rings. The first-order valence-corrected chi connectivity index (χ1v) is 8.91. The van der Waals surface area contributed by atoms with E-state index in [4.69, 9.17) is 0 Å². The van der Waals surface area contributed by atoms with E-state index in [1.807, 2.05) is 27.7 Å². The van der Waals surface area contributed by atoms with Gasteiger partial charge in [-0.25, -0.2) is 5.10 Å². The number of H-pyrrole nitrogens is 1. The number of aromatic amines is 1. The standard InChI is InChI=1S/C15H23N3O3S/c1-5-10-11(6-2)16-17-13(19)12(10)14(20)18-7-8-22(21)15(3,4)9-18/h5-9H2,1-4H3,(H,17,19). The van der Waals surface area contributed by atoms with Crippen molar-refractivity contribution >= 4 is 16.7 Å². The van der Waals surface area contributed by atoms with Gasteiger partial charge in [0, 0.05) is 29.6 Å². The number of carbonyl (C=O) groups is 1. The third kappa shape index (κ3) is 2.99. The topological polar surface area (TPSA) is 83.1 Å². The summed E-state index contributed by atoms with van der Waals surface area (Å²) in [4.78, 5) is 26.6. The fourth-order valence-electron chi connectivity index (χ4n) is 2.83. The SMILES string of the molecule is CCc1n[nH]c(=O)c(C(=O)N2CCS(=O)C(C)(C)C2)c1CC. The lowest BCUT2D eigenvalue weighted by atomic mass is 10.0. The van der Waals surface area contributed by atoms with Crippen LogP contribution < -0.4 is 5.56 Å². The molecule has 2 rings (SSSR count). The molecule has 22 heavy (non-hydrogen) atoms. The molecule has 0 spiro atoms. The van der Waals surface area contributed by atoms with E-state index in [0.717, 1.165) is 11.3 Å². The maximum Gasteiger partial charge on any atom is 0.277 e. The van der Waals surface area contributed by atoms with Gasteiger partial charge >= 0.3 is 0 Å². The smallest absolute Gasteiger partial charge is 0.277 e. The maximum absolute atomic E-state index is 12.8. The van der Waals surface area contributed by atoms with Crippen LogP contribution in [-0.2, 0) is 23.6 Å². The molecule has 6 nitrogen and oxygen atoms in total. The van der Waals surface area contributed by atoms with E-state index in [2.05, 4.69) is 10.2 Å². The first kappa shape index (κ1) is 16.9. The number of hydrogen-bond acceptors (Lipinski definition) is 4. The van der Waals surface area contributed by atoms with E-state index in [9.17, 15) is 13.8 Å². The van der Waals surface area contributed by atoms with Gasteiger partial charge in [0.25, 0.3) is 11.5 Å². The molecule has 1 aliphatic rings. The summed E-state index contributed by atoms with van der Waals surface area (Å²) in [5.74, 6) is 0.170. The lowest BCUT2D eigenvalue weighted by Crippen LogP contribution is -2.53. The van der Waals surface area contributed by atoms with Gasteiger partial charge in [0.2, 0.25) is 0 Å². The Balaban J connectivity index is 2.42. The van der Waals surface area contributed by atoms with E-state index >= 15 is 0 Å². The molecule has 0 aromatic carbocycles. The van der Waals surface area contributed by atoms with Crippen LogP contribution in [0.3, 0.4) is 0 Å². The van der Waals surface area contributed by atoms with Crippen LogP contribution in [0.5, 0.6) is 0 Å². The van der Waals surface area contributed by atoms with Crippen molar-refractivity contribution in [2.75, 3.05) is 18.8 Å². The van der Waals surface area contributed by atoms with Gasteiger partial charge in [-0.1, -0.05) is 13.8 Å². The van der Waals surface area contributed by atoms with Crippen LogP contribution in [0.4, 0.5) is 0 Å². The Morgan fingerprint density at radius 2 is 2.05 bits per heavy atom. The second kappa shape index (κ2) is 6.32. The molecule has 7 heteroatoms. The van der Waals surface area contributed by atoms with Gasteiger partial charge in [-0.2, -0.15) is 5.10 Å². The molecule has 1 aromatic heterocycles. The summed E-state index contributed by atoms with van der Waals surface area (Å²) < 4.78 is 11.6. The second-order valence-corrected chi connectivity index (χ2v) is 8.30. The fourth-order valence-corrected chi connectivity index (χ4v) is 4.07. The van der Waals surface area contributed by atoms with Gasteiger partial charge < -0.3 is 4.90 Å². The number of nitrogens with one attached hydrogen (secondary N) is 1. The molecular weight excluding hydrogens is 302 g/mol. The van der Waals surface area contributed by atoms with Crippen molar-refractivity contribution in [3.05, 3.63) is 27.2 Å². The van der Waals surface area contributed by atoms with Crippen molar-refractivity contribution in [2.45, 2.75) is 45.3 Å². The lowest BCUT2D eigenvalue weighted by Gasteiger charge is -2.37. The third-order valence-electron chi connectivity index (χ3n) is 4.09. The summed E-state index contributed by atoms with van der Waals surface area (Å²) in [5.41, 5.74) is 1.23. The Morgan fingerprint density at radius 3 is 2.59 bits per heavy atom. The molecule has 1 fully saturated rings. The van der Waals surface area contributed by atoms with Gasteiger partial charge in [-0.05, 0) is 32.3 Å². The second-order valence-electron chi connectivity index (χ2n) is 6.10. The molecule has 1 saturated heterocycles. The highest BCUT2D eigenvalue weighted by molar-refractivity contribution is 7.86. The van der Waals surface area contributed by atoms with Crippen LogP contribution in [-0.4, -0.2) is 48.8 Å². The predicted molar refractivity (Wildman–Crippen MR) is 86.6 cm³/mol. The average Bonchev–Trinajstić information content (AvgIpc) is 2.48. The summed E-state index contributed by atoms with van der Waals surface area (Å²) in [5, 5.41) is 6.47. The Labute approximate surface area is 132 Å². The van der Waals surface area contributed by atoms with Crippen molar-refractivity contribution < 1.29 is 9.00 Å². The van der Waals surface area contributed by atoms with Crippen LogP contribution in [0.25, 0.3) is 0 Å². The highest BCUT2D eigenvalue weighted by Gasteiger charge is 2.36. The van der Waals surface area contributed by atoms with Gasteiger partial charge in [0.05, 0.1) is 10.4 Å². The van der Waals surface area contributed by atoms with E-state index < -0.39 is 21.1 Å². The molecule has 1 aliphatic heterocycles. The van der Waals surface area contributed by atoms with Crippen LogP contribution >= 0.6 is 0 Å². The summed E-state index contributed by atoms with van der Waals surface area (Å²) in [7, 11) is -0.955. The molecule has 1 amide bonds. The highest BCUT2D eigenvalue weighted by atomic mass is 32.2. The Bertz CT molecular complexity index is 666. The monoisotopic (exact) mass is 325 g/mol. The maximum atomic E-state index is 12.8. The molecule has 0 bridgehead atoms.